The molecule has 3 rings (SSSR count). The van der Waals surface area contributed by atoms with Crippen LogP contribution < -0.4 is 9.64 Å². The van der Waals surface area contributed by atoms with Crippen molar-refractivity contribution in [1.82, 2.24) is 4.90 Å². The monoisotopic (exact) mass is 424 g/mol. The molecule has 1 aliphatic heterocycles. The molecule has 0 N–H and O–H groups in total. The SMILES string of the molecule is C[C@H](OC(=O)COc1ccccc1C(C)(C)C)C(=O)N1CCN(c2ccccc2)CC1. The molecule has 6 heteroatoms. The van der Waals surface area contributed by atoms with Crippen LogP contribution in [0.15, 0.2) is 54.6 Å². The zero-order chi connectivity index (χ0) is 22.4. The van der Waals surface area contributed by atoms with Gasteiger partial charge < -0.3 is 19.3 Å². The zero-order valence-electron chi connectivity index (χ0n) is 18.8. The van der Waals surface area contributed by atoms with Gasteiger partial charge in [-0.2, -0.15) is 0 Å². The lowest BCUT2D eigenvalue weighted by Crippen LogP contribution is -2.51. The van der Waals surface area contributed by atoms with Crippen LogP contribution in [0.25, 0.3) is 0 Å². The first-order valence-electron chi connectivity index (χ1n) is 10.8. The summed E-state index contributed by atoms with van der Waals surface area (Å²) >= 11 is 0. The van der Waals surface area contributed by atoms with E-state index in [1.54, 1.807) is 11.8 Å². The summed E-state index contributed by atoms with van der Waals surface area (Å²) in [6.45, 7) is 10.4. The van der Waals surface area contributed by atoms with Gasteiger partial charge in [0.05, 0.1) is 0 Å². The van der Waals surface area contributed by atoms with Crippen molar-refractivity contribution in [3.8, 4) is 5.75 Å². The molecule has 1 heterocycles. The molecule has 2 aromatic rings. The van der Waals surface area contributed by atoms with Crippen molar-refractivity contribution in [2.75, 3.05) is 37.7 Å². The van der Waals surface area contributed by atoms with Crippen molar-refractivity contribution in [2.24, 2.45) is 0 Å². The van der Waals surface area contributed by atoms with Gasteiger partial charge in [0.15, 0.2) is 12.7 Å². The van der Waals surface area contributed by atoms with Crippen molar-refractivity contribution in [2.45, 2.75) is 39.2 Å². The highest BCUT2D eigenvalue weighted by atomic mass is 16.6. The fourth-order valence-electron chi connectivity index (χ4n) is 3.71. The number of rotatable bonds is 6. The molecule has 1 atom stereocenters. The molecule has 0 radical (unpaired) electrons. The second-order valence-corrected chi connectivity index (χ2v) is 8.81. The summed E-state index contributed by atoms with van der Waals surface area (Å²) in [6, 6.07) is 17.8. The van der Waals surface area contributed by atoms with Crippen molar-refractivity contribution in [1.29, 1.82) is 0 Å². The van der Waals surface area contributed by atoms with Crippen LogP contribution in [0, 0.1) is 0 Å². The molecule has 0 aliphatic carbocycles. The van der Waals surface area contributed by atoms with Gasteiger partial charge in [-0.1, -0.05) is 57.2 Å². The first kappa shape index (κ1) is 22.7. The van der Waals surface area contributed by atoms with E-state index in [1.165, 1.54) is 0 Å². The molecule has 1 aliphatic rings. The number of hydrogen-bond acceptors (Lipinski definition) is 5. The minimum atomic E-state index is -0.836. The van der Waals surface area contributed by atoms with Crippen LogP contribution >= 0.6 is 0 Å². The third kappa shape index (κ3) is 6.00. The third-order valence-corrected chi connectivity index (χ3v) is 5.41. The number of amides is 1. The lowest BCUT2D eigenvalue weighted by molar-refractivity contribution is -0.160. The molecule has 0 saturated carbocycles. The van der Waals surface area contributed by atoms with Gasteiger partial charge in [-0.05, 0) is 36.1 Å². The predicted molar refractivity (Wildman–Crippen MR) is 121 cm³/mol. The number of para-hydroxylation sites is 2. The summed E-state index contributed by atoms with van der Waals surface area (Å²) in [5.41, 5.74) is 2.07. The Kier molecular flexibility index (Phi) is 7.21. The maximum Gasteiger partial charge on any atom is 0.344 e. The number of benzene rings is 2. The first-order valence-corrected chi connectivity index (χ1v) is 10.8. The van der Waals surface area contributed by atoms with E-state index in [2.05, 4.69) is 37.8 Å². The summed E-state index contributed by atoms with van der Waals surface area (Å²) in [5, 5.41) is 0. The number of nitrogens with zero attached hydrogens (tertiary/aromatic N) is 2. The fraction of sp³-hybridized carbons (Fsp3) is 0.440. The van der Waals surface area contributed by atoms with Crippen LogP contribution in [0.1, 0.15) is 33.3 Å². The predicted octanol–water partition coefficient (Wildman–Crippen LogP) is 3.64. The highest BCUT2D eigenvalue weighted by molar-refractivity contribution is 5.84. The van der Waals surface area contributed by atoms with Crippen molar-refractivity contribution < 1.29 is 19.1 Å². The normalized spacial score (nSPS) is 15.4. The Morgan fingerprint density at radius 3 is 2.19 bits per heavy atom. The van der Waals surface area contributed by atoms with E-state index in [0.717, 1.165) is 24.3 Å². The van der Waals surface area contributed by atoms with E-state index in [9.17, 15) is 9.59 Å². The third-order valence-electron chi connectivity index (χ3n) is 5.41. The van der Waals surface area contributed by atoms with E-state index in [4.69, 9.17) is 9.47 Å². The highest BCUT2D eigenvalue weighted by Gasteiger charge is 2.27. The van der Waals surface area contributed by atoms with E-state index in [0.29, 0.717) is 18.8 Å². The second kappa shape index (κ2) is 9.86. The Bertz CT molecular complexity index is 884. The molecule has 166 valence electrons. The Labute approximate surface area is 184 Å². The number of hydrogen-bond donors (Lipinski definition) is 0. The van der Waals surface area contributed by atoms with Crippen LogP contribution in [0.2, 0.25) is 0 Å². The molecule has 0 spiro atoms. The number of carbonyl (C=O) groups is 2. The van der Waals surface area contributed by atoms with Gasteiger partial charge in [0, 0.05) is 31.9 Å². The Hall–Kier alpha value is -3.02. The number of anilines is 1. The molecule has 31 heavy (non-hydrogen) atoms. The lowest BCUT2D eigenvalue weighted by atomic mass is 9.86. The van der Waals surface area contributed by atoms with Gasteiger partial charge >= 0.3 is 5.97 Å². The standard InChI is InChI=1S/C25H32N2O4/c1-19(24(29)27-16-14-26(15-17-27)20-10-6-5-7-11-20)31-23(28)18-30-22-13-9-8-12-21(22)25(2,3)4/h5-13,19H,14-18H2,1-4H3/t19-/m0/s1. The molecule has 0 unspecified atom stereocenters. The fourth-order valence-corrected chi connectivity index (χ4v) is 3.71. The number of ether oxygens (including phenoxy) is 2. The zero-order valence-corrected chi connectivity index (χ0v) is 18.8. The molecule has 1 fully saturated rings. The van der Waals surface area contributed by atoms with E-state index >= 15 is 0 Å². The number of carbonyl (C=O) groups excluding carboxylic acids is 2. The lowest BCUT2D eigenvalue weighted by Gasteiger charge is -2.37. The summed E-state index contributed by atoms with van der Waals surface area (Å²) < 4.78 is 11.1. The van der Waals surface area contributed by atoms with Crippen LogP contribution in [0.3, 0.4) is 0 Å². The minimum Gasteiger partial charge on any atom is -0.482 e. The summed E-state index contributed by atoms with van der Waals surface area (Å²) in [6.07, 6.45) is -0.836. The molecule has 1 amide bonds. The molecule has 6 nitrogen and oxygen atoms in total. The molecule has 0 bridgehead atoms. The number of piperazine rings is 1. The highest BCUT2D eigenvalue weighted by Crippen LogP contribution is 2.30. The van der Waals surface area contributed by atoms with Gasteiger partial charge in [-0.3, -0.25) is 4.79 Å². The van der Waals surface area contributed by atoms with Crippen molar-refractivity contribution >= 4 is 17.6 Å². The average molecular weight is 425 g/mol. The van der Waals surface area contributed by atoms with Crippen LogP contribution in [-0.2, 0) is 19.7 Å². The van der Waals surface area contributed by atoms with Gasteiger partial charge in [-0.25, -0.2) is 4.79 Å². The van der Waals surface area contributed by atoms with Gasteiger partial charge in [0.1, 0.15) is 5.75 Å². The van der Waals surface area contributed by atoms with Gasteiger partial charge in [0.25, 0.3) is 5.91 Å². The minimum absolute atomic E-state index is 0.106. The maximum absolute atomic E-state index is 12.7. The van der Waals surface area contributed by atoms with Crippen LogP contribution in [0.5, 0.6) is 5.75 Å². The largest absolute Gasteiger partial charge is 0.482 e. The quantitative estimate of drug-likeness (QED) is 0.663. The second-order valence-electron chi connectivity index (χ2n) is 8.81. The summed E-state index contributed by atoms with van der Waals surface area (Å²) in [7, 11) is 0. The maximum atomic E-state index is 12.7. The summed E-state index contributed by atoms with van der Waals surface area (Å²) in [5.74, 6) is -0.0633. The average Bonchev–Trinajstić information content (AvgIpc) is 2.77. The van der Waals surface area contributed by atoms with Crippen molar-refractivity contribution in [3.05, 3.63) is 60.2 Å². The van der Waals surface area contributed by atoms with E-state index in [1.807, 2.05) is 42.5 Å². The first-order chi connectivity index (χ1) is 14.8. The molecule has 2 aromatic carbocycles. The molecule has 0 aromatic heterocycles. The molecular formula is C25H32N2O4. The van der Waals surface area contributed by atoms with E-state index in [-0.39, 0.29) is 17.9 Å². The number of esters is 1. The Morgan fingerprint density at radius 1 is 0.935 bits per heavy atom. The van der Waals surface area contributed by atoms with Crippen LogP contribution in [-0.4, -0.2) is 55.7 Å². The van der Waals surface area contributed by atoms with Crippen LogP contribution in [0.4, 0.5) is 5.69 Å². The van der Waals surface area contributed by atoms with Gasteiger partial charge in [0.2, 0.25) is 0 Å². The smallest absolute Gasteiger partial charge is 0.344 e. The Balaban J connectivity index is 1.48. The summed E-state index contributed by atoms with van der Waals surface area (Å²) in [4.78, 5) is 29.0. The Morgan fingerprint density at radius 2 is 1.55 bits per heavy atom. The van der Waals surface area contributed by atoms with Gasteiger partial charge in [-0.15, -0.1) is 0 Å². The topological polar surface area (TPSA) is 59.1 Å². The van der Waals surface area contributed by atoms with Crippen molar-refractivity contribution in [3.63, 3.8) is 0 Å². The molecular weight excluding hydrogens is 392 g/mol. The van der Waals surface area contributed by atoms with E-state index < -0.39 is 12.1 Å². The molecule has 1 saturated heterocycles.